The number of hydrogen-bond donors (Lipinski definition) is 7. The summed E-state index contributed by atoms with van der Waals surface area (Å²) < 4.78 is 0. The fraction of sp³-hybridized carbons (Fsp3) is 0.769. The molecule has 10 nitrogen and oxygen atoms in total. The van der Waals surface area contributed by atoms with E-state index in [1.54, 1.807) is 0 Å². The van der Waals surface area contributed by atoms with E-state index in [-0.39, 0.29) is 19.0 Å². The van der Waals surface area contributed by atoms with Gasteiger partial charge in [-0.2, -0.15) is 0 Å². The van der Waals surface area contributed by atoms with Crippen LogP contribution in [0, 0.1) is 0 Å². The monoisotopic (exact) mass is 335 g/mol. The van der Waals surface area contributed by atoms with Gasteiger partial charge in [0.25, 0.3) is 0 Å². The van der Waals surface area contributed by atoms with Gasteiger partial charge in [0.05, 0.1) is 0 Å². The number of hydrogen-bond acceptors (Lipinski definition) is 6. The van der Waals surface area contributed by atoms with Crippen LogP contribution in [0.2, 0.25) is 0 Å². The van der Waals surface area contributed by atoms with Crippen LogP contribution in [-0.4, -0.2) is 65.0 Å². The van der Waals surface area contributed by atoms with E-state index in [0.717, 1.165) is 6.42 Å². The van der Waals surface area contributed by atoms with E-state index in [9.17, 15) is 9.59 Å². The van der Waals surface area contributed by atoms with Crippen molar-refractivity contribution >= 4 is 17.9 Å². The Morgan fingerprint density at radius 3 is 2.17 bits per heavy atom. The number of carboxylic acid groups (broad SMARTS) is 2. The van der Waals surface area contributed by atoms with Crippen molar-refractivity contribution in [1.82, 2.24) is 5.32 Å². The van der Waals surface area contributed by atoms with Crippen LogP contribution in [0.1, 0.15) is 32.6 Å². The fourth-order valence-corrected chi connectivity index (χ4v) is 1.40. The van der Waals surface area contributed by atoms with Crippen LogP contribution in [0.15, 0.2) is 4.99 Å². The average Bonchev–Trinajstić information content (AvgIpc) is 2.47. The zero-order valence-corrected chi connectivity index (χ0v) is 13.4. The number of nitrogens with one attached hydrogen (secondary N) is 1. The highest BCUT2D eigenvalue weighted by Crippen LogP contribution is 1.94. The third-order valence-electron chi connectivity index (χ3n) is 2.64. The van der Waals surface area contributed by atoms with Crippen molar-refractivity contribution < 1.29 is 24.9 Å². The largest absolute Gasteiger partial charge is 0.480 e. The number of guanidine groups is 1. The second-order valence-electron chi connectivity index (χ2n) is 4.75. The first kappa shape index (κ1) is 23.4. The third kappa shape index (κ3) is 16.3. The SMILES string of the molecule is CCCN[C@@H](CCO)C(=O)O.NC(N)=NCCC[C@H](N)C(=O)O. The van der Waals surface area contributed by atoms with Crippen molar-refractivity contribution in [3.63, 3.8) is 0 Å². The van der Waals surface area contributed by atoms with Gasteiger partial charge in [0.15, 0.2) is 5.96 Å². The molecule has 0 saturated carbocycles. The first-order valence-corrected chi connectivity index (χ1v) is 7.37. The molecule has 136 valence electrons. The van der Waals surface area contributed by atoms with Crippen LogP contribution in [0.4, 0.5) is 0 Å². The zero-order chi connectivity index (χ0) is 18.3. The maximum Gasteiger partial charge on any atom is 0.320 e. The molecule has 0 bridgehead atoms. The molecule has 0 radical (unpaired) electrons. The van der Waals surface area contributed by atoms with Gasteiger partial charge in [-0.25, -0.2) is 0 Å². The summed E-state index contributed by atoms with van der Waals surface area (Å²) in [5.74, 6) is -1.88. The molecule has 10 heteroatoms. The summed E-state index contributed by atoms with van der Waals surface area (Å²) in [4.78, 5) is 24.3. The molecule has 0 aromatic rings. The van der Waals surface area contributed by atoms with Gasteiger partial charge in [-0.3, -0.25) is 14.6 Å². The summed E-state index contributed by atoms with van der Waals surface area (Å²) in [5.41, 5.74) is 15.3. The first-order chi connectivity index (χ1) is 10.8. The van der Waals surface area contributed by atoms with E-state index in [0.29, 0.717) is 25.9 Å². The number of aliphatic carboxylic acids is 2. The van der Waals surface area contributed by atoms with Gasteiger partial charge in [-0.15, -0.1) is 0 Å². The molecule has 0 heterocycles. The molecule has 0 aromatic carbocycles. The molecule has 10 N–H and O–H groups in total. The van der Waals surface area contributed by atoms with Crippen LogP contribution >= 0.6 is 0 Å². The summed E-state index contributed by atoms with van der Waals surface area (Å²) in [6, 6.07) is -1.42. The van der Waals surface area contributed by atoms with Gasteiger partial charge in [0, 0.05) is 13.2 Å². The predicted molar refractivity (Wildman–Crippen MR) is 86.9 cm³/mol. The Bertz CT molecular complexity index is 361. The van der Waals surface area contributed by atoms with E-state index < -0.39 is 24.0 Å². The number of carbonyl (C=O) groups is 2. The van der Waals surface area contributed by atoms with Crippen molar-refractivity contribution in [3.8, 4) is 0 Å². The summed E-state index contributed by atoms with van der Waals surface area (Å²) in [6.45, 7) is 2.97. The van der Waals surface area contributed by atoms with Crippen molar-refractivity contribution in [2.45, 2.75) is 44.7 Å². The van der Waals surface area contributed by atoms with Crippen LogP contribution in [-0.2, 0) is 9.59 Å². The van der Waals surface area contributed by atoms with Crippen LogP contribution in [0.25, 0.3) is 0 Å². The lowest BCUT2D eigenvalue weighted by Crippen LogP contribution is -2.37. The molecule has 0 unspecified atom stereocenters. The summed E-state index contributed by atoms with van der Waals surface area (Å²) in [5, 5.41) is 28.2. The van der Waals surface area contributed by atoms with Crippen LogP contribution < -0.4 is 22.5 Å². The van der Waals surface area contributed by atoms with E-state index in [2.05, 4.69) is 10.3 Å². The smallest absolute Gasteiger partial charge is 0.320 e. The highest BCUT2D eigenvalue weighted by molar-refractivity contribution is 5.75. The van der Waals surface area contributed by atoms with Crippen molar-refractivity contribution in [2.75, 3.05) is 19.7 Å². The molecule has 0 saturated heterocycles. The van der Waals surface area contributed by atoms with Crippen molar-refractivity contribution in [1.29, 1.82) is 0 Å². The van der Waals surface area contributed by atoms with E-state index in [1.165, 1.54) is 0 Å². The number of rotatable bonds is 11. The minimum absolute atomic E-state index is 0.0129. The molecule has 0 aromatic heterocycles. The van der Waals surface area contributed by atoms with Crippen molar-refractivity contribution in [2.24, 2.45) is 22.2 Å². The van der Waals surface area contributed by atoms with E-state index >= 15 is 0 Å². The average molecular weight is 335 g/mol. The second-order valence-corrected chi connectivity index (χ2v) is 4.75. The molecular weight excluding hydrogens is 306 g/mol. The summed E-state index contributed by atoms with van der Waals surface area (Å²) in [6.07, 6.45) is 2.13. The Balaban J connectivity index is 0. The molecule has 2 atom stereocenters. The highest BCUT2D eigenvalue weighted by Gasteiger charge is 2.14. The molecule has 23 heavy (non-hydrogen) atoms. The number of nitrogens with zero attached hydrogens (tertiary/aromatic N) is 1. The third-order valence-corrected chi connectivity index (χ3v) is 2.64. The highest BCUT2D eigenvalue weighted by atomic mass is 16.4. The number of nitrogens with two attached hydrogens (primary N) is 3. The molecule has 0 spiro atoms. The molecule has 0 rings (SSSR count). The minimum atomic E-state index is -1.00. The lowest BCUT2D eigenvalue weighted by Gasteiger charge is -2.11. The van der Waals surface area contributed by atoms with E-state index in [1.807, 2.05) is 6.92 Å². The normalized spacial score (nSPS) is 12.5. The maximum atomic E-state index is 10.4. The quantitative estimate of drug-likeness (QED) is 0.130. The summed E-state index contributed by atoms with van der Waals surface area (Å²) in [7, 11) is 0. The topological polar surface area (TPSA) is 197 Å². The number of carboxylic acids is 2. The Morgan fingerprint density at radius 2 is 1.78 bits per heavy atom. The van der Waals surface area contributed by atoms with Crippen LogP contribution in [0.5, 0.6) is 0 Å². The van der Waals surface area contributed by atoms with Gasteiger partial charge in [0.1, 0.15) is 12.1 Å². The molecule has 0 aliphatic carbocycles. The van der Waals surface area contributed by atoms with Gasteiger partial charge in [0.2, 0.25) is 0 Å². The Hall–Kier alpha value is -1.91. The Labute approximate surface area is 135 Å². The Morgan fingerprint density at radius 1 is 1.17 bits per heavy atom. The molecule has 0 aliphatic rings. The molecular formula is C13H29N5O5. The fourth-order valence-electron chi connectivity index (χ4n) is 1.40. The van der Waals surface area contributed by atoms with Crippen LogP contribution in [0.3, 0.4) is 0 Å². The molecule has 0 amide bonds. The molecule has 0 aliphatic heterocycles. The number of aliphatic hydroxyl groups is 1. The van der Waals surface area contributed by atoms with Crippen molar-refractivity contribution in [3.05, 3.63) is 0 Å². The lowest BCUT2D eigenvalue weighted by atomic mass is 10.2. The zero-order valence-electron chi connectivity index (χ0n) is 13.4. The number of aliphatic imine (C=N–C) groups is 1. The van der Waals surface area contributed by atoms with E-state index in [4.69, 9.17) is 32.5 Å². The van der Waals surface area contributed by atoms with Gasteiger partial charge in [-0.05, 0) is 32.2 Å². The lowest BCUT2D eigenvalue weighted by molar-refractivity contribution is -0.140. The first-order valence-electron chi connectivity index (χ1n) is 7.37. The Kier molecular flexibility index (Phi) is 15.2. The molecule has 0 fully saturated rings. The van der Waals surface area contributed by atoms with Gasteiger partial charge < -0.3 is 37.8 Å². The maximum absolute atomic E-state index is 10.4. The number of aliphatic hydroxyl groups excluding tert-OH is 1. The minimum Gasteiger partial charge on any atom is -0.480 e. The second kappa shape index (κ2) is 15.0. The van der Waals surface area contributed by atoms with Gasteiger partial charge in [-0.1, -0.05) is 6.92 Å². The summed E-state index contributed by atoms with van der Waals surface area (Å²) >= 11 is 0. The van der Waals surface area contributed by atoms with Gasteiger partial charge >= 0.3 is 11.9 Å². The predicted octanol–water partition coefficient (Wildman–Crippen LogP) is -1.73. The standard InChI is InChI=1S/C7H15NO3.C6H14N4O2/c1-2-4-8-6(3-5-9)7(10)11;7-4(5(11)12)2-1-3-10-6(8)9/h6,8-9H,2-5H2,1H3,(H,10,11);4H,1-3,7H2,(H,11,12)(H4,8,9,10)/t6-;4-/m00/s1.